The maximum Gasteiger partial charge on any atom is 0.555 e. The summed E-state index contributed by atoms with van der Waals surface area (Å²) in [5.74, 6) is 0.361. The molecule has 3 heteroatoms. The molecule has 0 aromatic heterocycles. The first-order valence-corrected chi connectivity index (χ1v) is 3.70. The molecule has 0 aliphatic carbocycles. The third-order valence-corrected chi connectivity index (χ3v) is 1.55. The van der Waals surface area contributed by atoms with Crippen molar-refractivity contribution >= 4 is 6.16 Å². The van der Waals surface area contributed by atoms with Gasteiger partial charge in [0.1, 0.15) is 5.75 Å². The van der Waals surface area contributed by atoms with Crippen LogP contribution in [0.25, 0.3) is 0 Å². The Morgan fingerprint density at radius 1 is 1.42 bits per heavy atom. The molecule has 1 aromatic carbocycles. The molecule has 0 unspecified atom stereocenters. The molecule has 1 rings (SSSR count). The monoisotopic (exact) mass is 165 g/mol. The highest BCUT2D eigenvalue weighted by molar-refractivity contribution is 5.61. The number of aryl methyl sites for hydroxylation is 1. The lowest BCUT2D eigenvalue weighted by Crippen LogP contribution is -2.03. The van der Waals surface area contributed by atoms with Crippen molar-refractivity contribution in [2.45, 2.75) is 13.3 Å². The van der Waals surface area contributed by atoms with Crippen LogP contribution in [-0.4, -0.2) is 6.16 Å². The van der Waals surface area contributed by atoms with E-state index < -0.39 is 6.16 Å². The van der Waals surface area contributed by atoms with Gasteiger partial charge in [0.2, 0.25) is 0 Å². The van der Waals surface area contributed by atoms with Gasteiger partial charge in [0.25, 0.3) is 0 Å². The van der Waals surface area contributed by atoms with Crippen LogP contribution in [0.4, 0.5) is 4.79 Å². The van der Waals surface area contributed by atoms with E-state index in [1.165, 1.54) is 0 Å². The van der Waals surface area contributed by atoms with E-state index in [0.29, 0.717) is 5.75 Å². The second-order valence-corrected chi connectivity index (χ2v) is 2.31. The van der Waals surface area contributed by atoms with E-state index in [-0.39, 0.29) is 0 Å². The molecule has 0 saturated carbocycles. The van der Waals surface area contributed by atoms with Crippen molar-refractivity contribution in [3.8, 4) is 5.75 Å². The molecular weight excluding hydrogens is 156 g/mol. The van der Waals surface area contributed by atoms with Crippen LogP contribution >= 0.6 is 0 Å². The normalized spacial score (nSPS) is 9.42. The van der Waals surface area contributed by atoms with Gasteiger partial charge >= 0.3 is 6.16 Å². The van der Waals surface area contributed by atoms with Gasteiger partial charge in [0.05, 0.1) is 0 Å². The first-order valence-electron chi connectivity index (χ1n) is 3.70. The second kappa shape index (κ2) is 3.76. The molecule has 1 radical (unpaired) electrons. The minimum atomic E-state index is -1.52. The molecule has 0 aliphatic heterocycles. The van der Waals surface area contributed by atoms with Gasteiger partial charge in [0, 0.05) is 0 Å². The molecule has 0 amide bonds. The predicted octanol–water partition coefficient (Wildman–Crippen LogP) is 2.18. The highest BCUT2D eigenvalue weighted by atomic mass is 16.7. The lowest BCUT2D eigenvalue weighted by atomic mass is 10.1. The van der Waals surface area contributed by atoms with Crippen LogP contribution < -0.4 is 4.74 Å². The van der Waals surface area contributed by atoms with Crippen LogP contribution in [0.2, 0.25) is 0 Å². The lowest BCUT2D eigenvalue weighted by molar-refractivity contribution is 0.117. The fourth-order valence-electron chi connectivity index (χ4n) is 0.985. The number of benzene rings is 1. The molecule has 0 spiro atoms. The van der Waals surface area contributed by atoms with Crippen LogP contribution in [0.1, 0.15) is 12.5 Å². The van der Waals surface area contributed by atoms with Crippen LogP contribution in [0.15, 0.2) is 24.3 Å². The van der Waals surface area contributed by atoms with E-state index in [1.807, 2.05) is 19.1 Å². The van der Waals surface area contributed by atoms with Crippen LogP contribution in [0.3, 0.4) is 0 Å². The molecular formula is C9H9O3. The zero-order valence-electron chi connectivity index (χ0n) is 6.74. The second-order valence-electron chi connectivity index (χ2n) is 2.31. The van der Waals surface area contributed by atoms with Crippen molar-refractivity contribution in [3.63, 3.8) is 0 Å². The number of ether oxygens (including phenoxy) is 1. The maximum atomic E-state index is 10.1. The molecule has 0 saturated heterocycles. The minimum Gasteiger partial charge on any atom is -0.392 e. The molecule has 0 N–H and O–H groups in total. The number of para-hydroxylation sites is 1. The number of carbonyl (C=O) groups excluding carboxylic acids is 1. The Morgan fingerprint density at radius 2 is 2.08 bits per heavy atom. The first-order chi connectivity index (χ1) is 5.74. The molecule has 0 atom stereocenters. The van der Waals surface area contributed by atoms with Gasteiger partial charge in [-0.3, -0.25) is 0 Å². The van der Waals surface area contributed by atoms with Crippen LogP contribution in [-0.2, 0) is 11.5 Å². The quantitative estimate of drug-likeness (QED) is 0.498. The Kier molecular flexibility index (Phi) is 2.69. The van der Waals surface area contributed by atoms with E-state index in [2.05, 4.69) is 4.74 Å². The first kappa shape index (κ1) is 8.59. The predicted molar refractivity (Wildman–Crippen MR) is 42.5 cm³/mol. The summed E-state index contributed by atoms with van der Waals surface area (Å²) >= 11 is 0. The maximum absolute atomic E-state index is 10.1. The highest BCUT2D eigenvalue weighted by Gasteiger charge is 2.05. The summed E-state index contributed by atoms with van der Waals surface area (Å²) in [6.45, 7) is 1.93. The van der Waals surface area contributed by atoms with E-state index in [9.17, 15) is 9.90 Å². The Morgan fingerprint density at radius 3 is 2.67 bits per heavy atom. The van der Waals surface area contributed by atoms with Crippen molar-refractivity contribution < 1.29 is 14.6 Å². The van der Waals surface area contributed by atoms with Crippen molar-refractivity contribution in [2.75, 3.05) is 0 Å². The van der Waals surface area contributed by atoms with E-state index in [1.54, 1.807) is 12.1 Å². The van der Waals surface area contributed by atoms with E-state index in [0.717, 1.165) is 12.0 Å². The Bertz CT molecular complexity index is 281. The molecule has 0 heterocycles. The molecule has 63 valence electrons. The smallest absolute Gasteiger partial charge is 0.392 e. The Hall–Kier alpha value is -1.51. The summed E-state index contributed by atoms with van der Waals surface area (Å²) in [5.41, 5.74) is 0.863. The topological polar surface area (TPSA) is 46.2 Å². The van der Waals surface area contributed by atoms with Gasteiger partial charge in [0.15, 0.2) is 0 Å². The summed E-state index contributed by atoms with van der Waals surface area (Å²) in [7, 11) is 0. The summed E-state index contributed by atoms with van der Waals surface area (Å²) < 4.78 is 4.44. The summed E-state index contributed by atoms with van der Waals surface area (Å²) in [6, 6.07) is 6.98. The number of rotatable bonds is 2. The van der Waals surface area contributed by atoms with Crippen molar-refractivity contribution in [1.82, 2.24) is 0 Å². The van der Waals surface area contributed by atoms with Gasteiger partial charge in [-0.05, 0) is 18.1 Å². The van der Waals surface area contributed by atoms with Crippen LogP contribution in [0, 0.1) is 0 Å². The SMILES string of the molecule is CCc1ccccc1OC([O])=O. The minimum absolute atomic E-state index is 0.361. The van der Waals surface area contributed by atoms with Gasteiger partial charge in [-0.2, -0.15) is 9.90 Å². The summed E-state index contributed by atoms with van der Waals surface area (Å²) in [4.78, 5) is 10.1. The largest absolute Gasteiger partial charge is 0.555 e. The number of hydrogen-bond donors (Lipinski definition) is 0. The van der Waals surface area contributed by atoms with Crippen molar-refractivity contribution in [3.05, 3.63) is 29.8 Å². The Labute approximate surface area is 70.6 Å². The zero-order valence-corrected chi connectivity index (χ0v) is 6.74. The van der Waals surface area contributed by atoms with Crippen molar-refractivity contribution in [1.29, 1.82) is 0 Å². The molecule has 0 fully saturated rings. The van der Waals surface area contributed by atoms with Gasteiger partial charge < -0.3 is 4.74 Å². The standard InChI is InChI=1S/C9H9O3/c1-2-7-5-3-4-6-8(7)12-9(10)11/h3-6H,2H2,1H3. The van der Waals surface area contributed by atoms with Gasteiger partial charge in [-0.25, -0.2) is 0 Å². The zero-order chi connectivity index (χ0) is 8.97. The average molecular weight is 165 g/mol. The van der Waals surface area contributed by atoms with Crippen molar-refractivity contribution in [2.24, 2.45) is 0 Å². The number of hydrogen-bond acceptors (Lipinski definition) is 2. The summed E-state index contributed by atoms with van der Waals surface area (Å²) in [5, 5.41) is 10.1. The Balaban J connectivity index is 2.89. The van der Waals surface area contributed by atoms with E-state index in [4.69, 9.17) is 0 Å². The molecule has 0 aliphatic rings. The van der Waals surface area contributed by atoms with Gasteiger partial charge in [-0.1, -0.05) is 25.1 Å². The van der Waals surface area contributed by atoms with Gasteiger partial charge in [-0.15, -0.1) is 0 Å². The highest BCUT2D eigenvalue weighted by Crippen LogP contribution is 2.18. The number of carbonyl (C=O) groups is 1. The summed E-state index contributed by atoms with van der Waals surface area (Å²) in [6.07, 6.45) is -0.778. The average Bonchev–Trinajstić information content (AvgIpc) is 2.04. The lowest BCUT2D eigenvalue weighted by Gasteiger charge is -2.03. The molecule has 1 aromatic rings. The fourth-order valence-corrected chi connectivity index (χ4v) is 0.985. The molecule has 0 bridgehead atoms. The fraction of sp³-hybridized carbons (Fsp3) is 0.222. The third-order valence-electron chi connectivity index (χ3n) is 1.55. The molecule has 12 heavy (non-hydrogen) atoms. The molecule has 3 nitrogen and oxygen atoms in total. The third kappa shape index (κ3) is 1.99. The van der Waals surface area contributed by atoms with Crippen LogP contribution in [0.5, 0.6) is 5.75 Å². The van der Waals surface area contributed by atoms with E-state index >= 15 is 0 Å².